The highest BCUT2D eigenvalue weighted by atomic mass is 35.5. The summed E-state index contributed by atoms with van der Waals surface area (Å²) < 4.78 is 2.18. The van der Waals surface area contributed by atoms with Gasteiger partial charge in [0.1, 0.15) is 0 Å². The van der Waals surface area contributed by atoms with Crippen molar-refractivity contribution >= 4 is 22.6 Å². The topological polar surface area (TPSA) is 17.8 Å². The third-order valence-electron chi connectivity index (χ3n) is 2.76. The minimum atomic E-state index is 0.614. The number of nitrogens with zero attached hydrogens (tertiary/aromatic N) is 2. The van der Waals surface area contributed by atoms with Crippen LogP contribution in [0, 0.1) is 12.3 Å². The van der Waals surface area contributed by atoms with Gasteiger partial charge in [0.2, 0.25) is 0 Å². The Morgan fingerprint density at radius 2 is 2.27 bits per heavy atom. The van der Waals surface area contributed by atoms with Crippen LogP contribution in [0.15, 0.2) is 18.5 Å². The molecule has 0 aliphatic heterocycles. The quantitative estimate of drug-likeness (QED) is 0.670. The molecule has 0 unspecified atom stereocenters. The summed E-state index contributed by atoms with van der Waals surface area (Å²) in [6.45, 7) is 0. The zero-order valence-corrected chi connectivity index (χ0v) is 8.83. The van der Waals surface area contributed by atoms with Gasteiger partial charge in [0.05, 0.1) is 22.4 Å². The van der Waals surface area contributed by atoms with E-state index in [0.717, 1.165) is 11.0 Å². The second kappa shape index (κ2) is 3.01. The first-order chi connectivity index (χ1) is 7.29. The fraction of sp³-hybridized carbons (Fsp3) is 0.250. The summed E-state index contributed by atoms with van der Waals surface area (Å²) in [6.07, 6.45) is 9.70. The molecule has 1 aromatic heterocycles. The van der Waals surface area contributed by atoms with E-state index in [4.69, 9.17) is 18.0 Å². The van der Waals surface area contributed by atoms with Crippen LogP contribution >= 0.6 is 11.6 Å². The maximum absolute atomic E-state index is 6.07. The lowest BCUT2D eigenvalue weighted by Gasteiger charge is -2.02. The van der Waals surface area contributed by atoms with Gasteiger partial charge >= 0.3 is 0 Å². The molecular formula is C12H9ClN2. The number of halogens is 1. The van der Waals surface area contributed by atoms with Crippen LogP contribution in [0.4, 0.5) is 0 Å². The van der Waals surface area contributed by atoms with E-state index in [-0.39, 0.29) is 0 Å². The van der Waals surface area contributed by atoms with Gasteiger partial charge in [-0.1, -0.05) is 17.5 Å². The summed E-state index contributed by atoms with van der Waals surface area (Å²) in [5.74, 6) is 2.56. The molecule has 2 aromatic rings. The second-order valence-electron chi connectivity index (χ2n) is 3.85. The fourth-order valence-electron chi connectivity index (χ4n) is 1.80. The molecule has 0 amide bonds. The highest BCUT2D eigenvalue weighted by Gasteiger charge is 2.25. The minimum Gasteiger partial charge on any atom is -0.327 e. The molecule has 1 saturated carbocycles. The van der Waals surface area contributed by atoms with Crippen molar-refractivity contribution in [3.05, 3.63) is 29.0 Å². The fourth-order valence-corrected chi connectivity index (χ4v) is 2.01. The number of imidazole rings is 1. The lowest BCUT2D eigenvalue weighted by Crippen LogP contribution is -1.90. The molecule has 1 fully saturated rings. The molecule has 0 bridgehead atoms. The van der Waals surface area contributed by atoms with Crippen molar-refractivity contribution in [2.24, 2.45) is 0 Å². The van der Waals surface area contributed by atoms with Crippen LogP contribution in [0.5, 0.6) is 0 Å². The molecule has 74 valence electrons. The predicted octanol–water partition coefficient (Wildman–Crippen LogP) is 3.01. The van der Waals surface area contributed by atoms with Crippen LogP contribution in [0.25, 0.3) is 11.0 Å². The Balaban J connectivity index is 2.28. The first-order valence-electron chi connectivity index (χ1n) is 4.92. The molecule has 3 rings (SSSR count). The maximum atomic E-state index is 6.07. The maximum Gasteiger partial charge on any atom is 0.0960 e. The summed E-state index contributed by atoms with van der Waals surface area (Å²) in [4.78, 5) is 4.34. The molecule has 1 aromatic carbocycles. The minimum absolute atomic E-state index is 0.614. The van der Waals surface area contributed by atoms with Gasteiger partial charge in [0, 0.05) is 11.6 Å². The molecule has 1 aliphatic rings. The smallest absolute Gasteiger partial charge is 0.0960 e. The van der Waals surface area contributed by atoms with Gasteiger partial charge in [0.25, 0.3) is 0 Å². The molecule has 3 heteroatoms. The first-order valence-corrected chi connectivity index (χ1v) is 5.30. The third-order valence-corrected chi connectivity index (χ3v) is 3.07. The Hall–Kier alpha value is -1.46. The normalized spacial score (nSPS) is 15.5. The Morgan fingerprint density at radius 1 is 1.47 bits per heavy atom. The molecule has 0 radical (unpaired) electrons. The van der Waals surface area contributed by atoms with E-state index in [9.17, 15) is 0 Å². The summed E-state index contributed by atoms with van der Waals surface area (Å²) in [7, 11) is 0. The zero-order valence-electron chi connectivity index (χ0n) is 8.07. The zero-order chi connectivity index (χ0) is 10.4. The van der Waals surface area contributed by atoms with E-state index in [1.165, 1.54) is 12.8 Å². The molecular weight excluding hydrogens is 208 g/mol. The van der Waals surface area contributed by atoms with Crippen molar-refractivity contribution in [2.45, 2.75) is 18.9 Å². The van der Waals surface area contributed by atoms with Crippen LogP contribution in [0.3, 0.4) is 0 Å². The Kier molecular flexibility index (Phi) is 1.77. The standard InChI is InChI=1S/C12H9ClN2/c1-2-8-5-11-12(6-10(8)13)15(7-14-11)9-3-4-9/h1,5-7,9H,3-4H2. The number of fused-ring (bicyclic) bond motifs is 1. The van der Waals surface area contributed by atoms with Crippen molar-refractivity contribution < 1.29 is 0 Å². The average molecular weight is 217 g/mol. The average Bonchev–Trinajstić information content (AvgIpc) is 2.99. The van der Waals surface area contributed by atoms with Crippen molar-refractivity contribution in [3.63, 3.8) is 0 Å². The van der Waals surface area contributed by atoms with Crippen LogP contribution < -0.4 is 0 Å². The second-order valence-corrected chi connectivity index (χ2v) is 4.26. The summed E-state index contributed by atoms with van der Waals surface area (Å²) >= 11 is 6.07. The number of terminal acetylenes is 1. The molecule has 2 nitrogen and oxygen atoms in total. The van der Waals surface area contributed by atoms with Gasteiger partial charge < -0.3 is 4.57 Å². The van der Waals surface area contributed by atoms with Gasteiger partial charge in [0.15, 0.2) is 0 Å². The van der Waals surface area contributed by atoms with Gasteiger partial charge in [-0.15, -0.1) is 6.42 Å². The number of hydrogen-bond acceptors (Lipinski definition) is 1. The van der Waals surface area contributed by atoms with E-state index >= 15 is 0 Å². The highest BCUT2D eigenvalue weighted by Crippen LogP contribution is 2.37. The van der Waals surface area contributed by atoms with Gasteiger partial charge in [-0.25, -0.2) is 4.98 Å². The molecule has 15 heavy (non-hydrogen) atoms. The highest BCUT2D eigenvalue weighted by molar-refractivity contribution is 6.32. The number of rotatable bonds is 1. The molecule has 0 saturated heterocycles. The van der Waals surface area contributed by atoms with E-state index in [0.29, 0.717) is 16.6 Å². The van der Waals surface area contributed by atoms with Gasteiger partial charge in [-0.05, 0) is 25.0 Å². The van der Waals surface area contributed by atoms with Crippen LogP contribution in [-0.2, 0) is 0 Å². The van der Waals surface area contributed by atoms with E-state index < -0.39 is 0 Å². The molecule has 0 atom stereocenters. The van der Waals surface area contributed by atoms with E-state index in [1.807, 2.05) is 18.5 Å². The SMILES string of the molecule is C#Cc1cc2ncn(C3CC3)c2cc1Cl. The van der Waals surface area contributed by atoms with E-state index in [1.54, 1.807) is 0 Å². The van der Waals surface area contributed by atoms with Gasteiger partial charge in [-0.3, -0.25) is 0 Å². The Morgan fingerprint density at radius 3 is 2.93 bits per heavy atom. The van der Waals surface area contributed by atoms with Crippen molar-refractivity contribution in [1.82, 2.24) is 9.55 Å². The van der Waals surface area contributed by atoms with Gasteiger partial charge in [-0.2, -0.15) is 0 Å². The Bertz CT molecular complexity index is 573. The number of hydrogen-bond donors (Lipinski definition) is 0. The Labute approximate surface area is 92.9 Å². The molecule has 0 N–H and O–H groups in total. The van der Waals surface area contributed by atoms with Crippen molar-refractivity contribution in [1.29, 1.82) is 0 Å². The van der Waals surface area contributed by atoms with E-state index in [2.05, 4.69) is 15.5 Å². The monoisotopic (exact) mass is 216 g/mol. The lowest BCUT2D eigenvalue weighted by molar-refractivity contribution is 0.766. The summed E-state index contributed by atoms with van der Waals surface area (Å²) in [6, 6.07) is 4.40. The van der Waals surface area contributed by atoms with Crippen LogP contribution in [-0.4, -0.2) is 9.55 Å². The number of benzene rings is 1. The van der Waals surface area contributed by atoms with Crippen molar-refractivity contribution in [3.8, 4) is 12.3 Å². The van der Waals surface area contributed by atoms with Crippen LogP contribution in [0.1, 0.15) is 24.4 Å². The first kappa shape index (κ1) is 8.82. The third kappa shape index (κ3) is 1.32. The van der Waals surface area contributed by atoms with Crippen LogP contribution in [0.2, 0.25) is 5.02 Å². The summed E-state index contributed by atoms with van der Waals surface area (Å²) in [5.41, 5.74) is 2.73. The molecule has 1 heterocycles. The lowest BCUT2D eigenvalue weighted by atomic mass is 10.2. The molecule has 0 spiro atoms. The number of aromatic nitrogens is 2. The molecule has 1 aliphatic carbocycles. The predicted molar refractivity (Wildman–Crippen MR) is 60.9 cm³/mol. The summed E-state index contributed by atoms with van der Waals surface area (Å²) in [5, 5.41) is 0.632. The largest absolute Gasteiger partial charge is 0.327 e. The van der Waals surface area contributed by atoms with Crippen molar-refractivity contribution in [2.75, 3.05) is 0 Å².